The van der Waals surface area contributed by atoms with Gasteiger partial charge in [0.05, 0.1) is 11.3 Å². The minimum Gasteiger partial charge on any atom is -0.326 e. The molecule has 5 nitrogen and oxygen atoms in total. The summed E-state index contributed by atoms with van der Waals surface area (Å²) in [5, 5.41) is 2.91. The molecule has 1 fully saturated rings. The van der Waals surface area contributed by atoms with Crippen LogP contribution in [0.5, 0.6) is 0 Å². The van der Waals surface area contributed by atoms with Crippen molar-refractivity contribution in [2.45, 2.75) is 37.5 Å². The number of nitrogens with one attached hydrogen (secondary N) is 1. The summed E-state index contributed by atoms with van der Waals surface area (Å²) in [6, 6.07) is 12.5. The van der Waals surface area contributed by atoms with Crippen molar-refractivity contribution in [3.05, 3.63) is 57.2 Å². The molecule has 0 aliphatic carbocycles. The molecule has 0 unspecified atom stereocenters. The van der Waals surface area contributed by atoms with Crippen LogP contribution in [0.1, 0.15) is 30.4 Å². The van der Waals surface area contributed by atoms with E-state index in [0.29, 0.717) is 18.0 Å². The van der Waals surface area contributed by atoms with E-state index in [1.165, 1.54) is 0 Å². The predicted molar refractivity (Wildman–Crippen MR) is 115 cm³/mol. The second-order valence-corrected chi connectivity index (χ2v) is 9.98. The Morgan fingerprint density at radius 2 is 1.74 bits per heavy atom. The molecular formula is C20H23IN2O3S. The van der Waals surface area contributed by atoms with Crippen molar-refractivity contribution in [1.29, 1.82) is 0 Å². The van der Waals surface area contributed by atoms with Gasteiger partial charge in [-0.2, -0.15) is 4.31 Å². The van der Waals surface area contributed by atoms with Crippen molar-refractivity contribution in [1.82, 2.24) is 4.31 Å². The molecule has 1 amide bonds. The van der Waals surface area contributed by atoms with E-state index in [2.05, 4.69) is 27.9 Å². The van der Waals surface area contributed by atoms with E-state index < -0.39 is 10.0 Å². The van der Waals surface area contributed by atoms with Gasteiger partial charge in [-0.25, -0.2) is 8.42 Å². The number of anilines is 1. The van der Waals surface area contributed by atoms with E-state index in [1.807, 2.05) is 25.1 Å². The largest absolute Gasteiger partial charge is 0.326 e. The van der Waals surface area contributed by atoms with Crippen LogP contribution in [-0.2, 0) is 21.2 Å². The summed E-state index contributed by atoms with van der Waals surface area (Å²) < 4.78 is 28.0. The molecule has 0 aromatic heterocycles. The third kappa shape index (κ3) is 5.08. The summed E-state index contributed by atoms with van der Waals surface area (Å²) in [5.41, 5.74) is 2.59. The molecule has 0 atom stereocenters. The third-order valence-corrected chi connectivity index (χ3v) is 7.29. The zero-order valence-electron chi connectivity index (χ0n) is 15.2. The van der Waals surface area contributed by atoms with Crippen LogP contribution in [-0.4, -0.2) is 31.7 Å². The Morgan fingerprint density at radius 1 is 1.07 bits per heavy atom. The predicted octanol–water partition coefficient (Wildman–Crippen LogP) is 3.96. The Labute approximate surface area is 174 Å². The van der Waals surface area contributed by atoms with E-state index in [-0.39, 0.29) is 12.3 Å². The number of carbonyl (C=O) groups is 1. The molecule has 0 saturated carbocycles. The SMILES string of the molecule is Cc1cc(I)ccc1NC(=O)Cc1ccc(S(=O)(=O)N2CCCCC2)cc1. The van der Waals surface area contributed by atoms with Crippen LogP contribution in [0.15, 0.2) is 47.4 Å². The molecule has 0 bridgehead atoms. The van der Waals surface area contributed by atoms with E-state index >= 15 is 0 Å². The molecule has 1 heterocycles. The summed E-state index contributed by atoms with van der Waals surface area (Å²) in [4.78, 5) is 12.6. The molecular weight excluding hydrogens is 475 g/mol. The van der Waals surface area contributed by atoms with Gasteiger partial charge in [0.1, 0.15) is 0 Å². The summed E-state index contributed by atoms with van der Waals surface area (Å²) in [7, 11) is -3.43. The summed E-state index contributed by atoms with van der Waals surface area (Å²) in [6.07, 6.45) is 3.11. The molecule has 1 saturated heterocycles. The number of nitrogens with zero attached hydrogens (tertiary/aromatic N) is 1. The molecule has 144 valence electrons. The lowest BCUT2D eigenvalue weighted by Crippen LogP contribution is -2.35. The zero-order chi connectivity index (χ0) is 19.4. The van der Waals surface area contributed by atoms with Crippen molar-refractivity contribution < 1.29 is 13.2 Å². The van der Waals surface area contributed by atoms with E-state index in [4.69, 9.17) is 0 Å². The average Bonchev–Trinajstić information content (AvgIpc) is 2.65. The van der Waals surface area contributed by atoms with Gasteiger partial charge in [0.2, 0.25) is 15.9 Å². The minimum absolute atomic E-state index is 0.119. The molecule has 7 heteroatoms. The number of hydrogen-bond donors (Lipinski definition) is 1. The van der Waals surface area contributed by atoms with Crippen LogP contribution in [0.3, 0.4) is 0 Å². The Morgan fingerprint density at radius 3 is 2.37 bits per heavy atom. The lowest BCUT2D eigenvalue weighted by molar-refractivity contribution is -0.115. The third-order valence-electron chi connectivity index (χ3n) is 4.70. The summed E-state index contributed by atoms with van der Waals surface area (Å²) in [5.74, 6) is -0.119. The van der Waals surface area contributed by atoms with Crippen molar-refractivity contribution in [3.8, 4) is 0 Å². The molecule has 27 heavy (non-hydrogen) atoms. The highest BCUT2D eigenvalue weighted by molar-refractivity contribution is 14.1. The first kappa shape index (κ1) is 20.3. The number of benzene rings is 2. The van der Waals surface area contributed by atoms with Gasteiger partial charge in [-0.3, -0.25) is 4.79 Å². The first-order valence-electron chi connectivity index (χ1n) is 9.01. The second kappa shape index (κ2) is 8.70. The van der Waals surface area contributed by atoms with Gasteiger partial charge in [0.25, 0.3) is 0 Å². The molecule has 2 aromatic rings. The fourth-order valence-electron chi connectivity index (χ4n) is 3.18. The maximum absolute atomic E-state index is 12.7. The molecule has 1 aliphatic rings. The maximum Gasteiger partial charge on any atom is 0.243 e. The second-order valence-electron chi connectivity index (χ2n) is 6.79. The molecule has 0 radical (unpaired) electrons. The quantitative estimate of drug-likeness (QED) is 0.635. The van der Waals surface area contributed by atoms with Crippen molar-refractivity contribution in [3.63, 3.8) is 0 Å². The number of hydrogen-bond acceptors (Lipinski definition) is 3. The normalized spacial score (nSPS) is 15.5. The number of halogens is 1. The number of sulfonamides is 1. The Hall–Kier alpha value is -1.45. The monoisotopic (exact) mass is 498 g/mol. The average molecular weight is 498 g/mol. The fraction of sp³-hybridized carbons (Fsp3) is 0.350. The number of carbonyl (C=O) groups excluding carboxylic acids is 1. The molecule has 2 aromatic carbocycles. The van der Waals surface area contributed by atoms with E-state index in [9.17, 15) is 13.2 Å². The highest BCUT2D eigenvalue weighted by atomic mass is 127. The number of piperidine rings is 1. The Kier molecular flexibility index (Phi) is 6.54. The molecule has 1 aliphatic heterocycles. The van der Waals surface area contributed by atoms with Crippen LogP contribution in [0.4, 0.5) is 5.69 Å². The van der Waals surface area contributed by atoms with Crippen molar-refractivity contribution in [2.75, 3.05) is 18.4 Å². The topological polar surface area (TPSA) is 66.5 Å². The maximum atomic E-state index is 12.7. The zero-order valence-corrected chi connectivity index (χ0v) is 18.2. The van der Waals surface area contributed by atoms with E-state index in [1.54, 1.807) is 28.6 Å². The summed E-state index contributed by atoms with van der Waals surface area (Å²) >= 11 is 2.23. The molecule has 0 spiro atoms. The van der Waals surface area contributed by atoms with Crippen LogP contribution in [0.2, 0.25) is 0 Å². The number of aryl methyl sites for hydroxylation is 1. The van der Waals surface area contributed by atoms with Crippen LogP contribution < -0.4 is 5.32 Å². The van der Waals surface area contributed by atoms with Gasteiger partial charge in [-0.1, -0.05) is 18.6 Å². The first-order valence-corrected chi connectivity index (χ1v) is 11.5. The highest BCUT2D eigenvalue weighted by Gasteiger charge is 2.25. The first-order chi connectivity index (χ1) is 12.9. The van der Waals surface area contributed by atoms with Crippen molar-refractivity contribution in [2.24, 2.45) is 0 Å². The minimum atomic E-state index is -3.43. The smallest absolute Gasteiger partial charge is 0.243 e. The van der Waals surface area contributed by atoms with Crippen LogP contribution in [0.25, 0.3) is 0 Å². The van der Waals surface area contributed by atoms with Gasteiger partial charge in [-0.15, -0.1) is 0 Å². The van der Waals surface area contributed by atoms with E-state index in [0.717, 1.165) is 39.6 Å². The van der Waals surface area contributed by atoms with Crippen LogP contribution in [0, 0.1) is 10.5 Å². The fourth-order valence-corrected chi connectivity index (χ4v) is 5.34. The number of rotatable bonds is 5. The van der Waals surface area contributed by atoms with Gasteiger partial charge in [-0.05, 0) is 83.8 Å². The van der Waals surface area contributed by atoms with Crippen LogP contribution >= 0.6 is 22.6 Å². The lowest BCUT2D eigenvalue weighted by Gasteiger charge is -2.25. The standard InChI is InChI=1S/C20H23IN2O3S/c1-15-13-17(21)7-10-19(15)22-20(24)14-16-5-8-18(9-6-16)27(25,26)23-11-3-2-4-12-23/h5-10,13H,2-4,11-12,14H2,1H3,(H,22,24). The van der Waals surface area contributed by atoms with Gasteiger partial charge >= 0.3 is 0 Å². The lowest BCUT2D eigenvalue weighted by atomic mass is 10.1. The Balaban J connectivity index is 1.65. The van der Waals surface area contributed by atoms with Gasteiger partial charge < -0.3 is 5.32 Å². The number of amides is 1. The Bertz CT molecular complexity index is 921. The summed E-state index contributed by atoms with van der Waals surface area (Å²) in [6.45, 7) is 3.13. The highest BCUT2D eigenvalue weighted by Crippen LogP contribution is 2.21. The van der Waals surface area contributed by atoms with Gasteiger partial charge in [0.15, 0.2) is 0 Å². The molecule has 1 N–H and O–H groups in total. The molecule has 3 rings (SSSR count). The van der Waals surface area contributed by atoms with Crippen molar-refractivity contribution >= 4 is 44.2 Å². The van der Waals surface area contributed by atoms with Gasteiger partial charge in [0, 0.05) is 22.3 Å².